The molecule has 1 heterocycles. The largest absolute Gasteiger partial charge is 0.368 e. The van der Waals surface area contributed by atoms with Crippen molar-refractivity contribution in [3.8, 4) is 0 Å². The van der Waals surface area contributed by atoms with Crippen LogP contribution in [0.4, 0.5) is 11.9 Å². The average molecular weight is 185 g/mol. The van der Waals surface area contributed by atoms with Crippen molar-refractivity contribution in [2.45, 2.75) is 6.29 Å². The third-order valence-corrected chi connectivity index (χ3v) is 1.15. The molecule has 0 saturated carbocycles. The van der Waals surface area contributed by atoms with Crippen LogP contribution in [0.5, 0.6) is 0 Å². The van der Waals surface area contributed by atoms with E-state index < -0.39 is 6.29 Å². The lowest BCUT2D eigenvalue weighted by atomic mass is 10.8. The summed E-state index contributed by atoms with van der Waals surface area (Å²) >= 11 is 0. The Morgan fingerprint density at radius 3 is 2.38 bits per heavy atom. The number of nitrogens with two attached hydrogens (primary N) is 5. The molecule has 0 spiro atoms. The molecule has 13 heavy (non-hydrogen) atoms. The number of hydrogen-bond donors (Lipinski definition) is 5. The zero-order chi connectivity index (χ0) is 10.0. The van der Waals surface area contributed by atoms with Gasteiger partial charge in [-0.25, -0.2) is 4.99 Å². The number of anilines is 2. The molecule has 0 amide bonds. The topological polar surface area (TPSA) is 173 Å². The Kier molecular flexibility index (Phi) is 2.30. The van der Waals surface area contributed by atoms with E-state index in [1.54, 1.807) is 0 Å². The van der Waals surface area contributed by atoms with E-state index >= 15 is 0 Å². The van der Waals surface area contributed by atoms with Crippen LogP contribution in [0, 0.1) is 0 Å². The highest BCUT2D eigenvalue weighted by atomic mass is 15.5. The Balaban J connectivity index is 3.01. The second-order valence-corrected chi connectivity index (χ2v) is 2.22. The van der Waals surface area contributed by atoms with Crippen molar-refractivity contribution < 1.29 is 0 Å². The smallest absolute Gasteiger partial charge is 0.241 e. The molecular formula is C4H11N9. The molecular weight excluding hydrogens is 174 g/mol. The molecule has 10 N–H and O–H groups in total. The van der Waals surface area contributed by atoms with Crippen molar-refractivity contribution in [1.29, 1.82) is 0 Å². The van der Waals surface area contributed by atoms with Gasteiger partial charge in [-0.2, -0.15) is 9.67 Å². The van der Waals surface area contributed by atoms with Gasteiger partial charge in [0, 0.05) is 0 Å². The molecule has 9 heteroatoms. The van der Waals surface area contributed by atoms with Crippen LogP contribution in [0.25, 0.3) is 0 Å². The van der Waals surface area contributed by atoms with Crippen LogP contribution in [0.3, 0.4) is 0 Å². The fourth-order valence-corrected chi connectivity index (χ4v) is 0.717. The summed E-state index contributed by atoms with van der Waals surface area (Å²) in [5, 5.41) is 3.65. The van der Waals surface area contributed by atoms with E-state index in [-0.39, 0.29) is 17.9 Å². The van der Waals surface area contributed by atoms with Gasteiger partial charge in [-0.15, -0.1) is 5.10 Å². The van der Waals surface area contributed by atoms with Gasteiger partial charge in [-0.05, 0) is 0 Å². The molecule has 9 nitrogen and oxygen atoms in total. The predicted molar refractivity (Wildman–Crippen MR) is 48.0 cm³/mol. The number of nitrogen functional groups attached to an aromatic ring is 2. The average Bonchev–Trinajstić information content (AvgIpc) is 2.28. The third-order valence-electron chi connectivity index (χ3n) is 1.15. The Morgan fingerprint density at radius 1 is 1.38 bits per heavy atom. The molecule has 0 aliphatic rings. The van der Waals surface area contributed by atoms with Crippen LogP contribution in [0.1, 0.15) is 0 Å². The molecule has 1 rings (SSSR count). The summed E-state index contributed by atoms with van der Waals surface area (Å²) in [6, 6.07) is 0. The highest BCUT2D eigenvalue weighted by molar-refractivity contribution is 5.82. The van der Waals surface area contributed by atoms with Crippen LogP contribution in [0.15, 0.2) is 4.99 Å². The summed E-state index contributed by atoms with van der Waals surface area (Å²) < 4.78 is 1.04. The minimum Gasteiger partial charge on any atom is -0.368 e. The first kappa shape index (κ1) is 9.22. The minimum absolute atomic E-state index is 0.00115. The lowest BCUT2D eigenvalue weighted by Crippen LogP contribution is -2.34. The van der Waals surface area contributed by atoms with Crippen molar-refractivity contribution in [2.24, 2.45) is 22.2 Å². The lowest BCUT2D eigenvalue weighted by Gasteiger charge is -2.02. The molecule has 0 atom stereocenters. The molecule has 0 radical (unpaired) electrons. The number of nitrogens with zero attached hydrogens (tertiary/aromatic N) is 4. The Bertz CT molecular complexity index is 322. The van der Waals surface area contributed by atoms with Gasteiger partial charge >= 0.3 is 0 Å². The van der Waals surface area contributed by atoms with Crippen molar-refractivity contribution in [3.05, 3.63) is 0 Å². The van der Waals surface area contributed by atoms with Gasteiger partial charge < -0.3 is 17.2 Å². The van der Waals surface area contributed by atoms with E-state index in [9.17, 15) is 0 Å². The number of aliphatic imine (C=N–C) groups is 1. The first-order valence-corrected chi connectivity index (χ1v) is 3.33. The number of hydrogen-bond acceptors (Lipinski definition) is 7. The summed E-state index contributed by atoms with van der Waals surface area (Å²) in [6.45, 7) is 0. The van der Waals surface area contributed by atoms with Gasteiger partial charge in [-0.1, -0.05) is 0 Å². The second-order valence-electron chi connectivity index (χ2n) is 2.22. The van der Waals surface area contributed by atoms with E-state index in [1.807, 2.05) is 0 Å². The highest BCUT2D eigenvalue weighted by Crippen LogP contribution is 1.99. The molecule has 1 aromatic rings. The second kappa shape index (κ2) is 3.25. The molecule has 72 valence electrons. The molecule has 1 aromatic heterocycles. The normalized spacial score (nSPS) is 12.4. The standard InChI is InChI=1S/C4H11N9/c5-1(6)10-3(8)13-4(9)11-2(7)12-13/h1H,5-6H2,(H2,8,10)(H4,7,9,11,12). The van der Waals surface area contributed by atoms with Crippen molar-refractivity contribution in [3.63, 3.8) is 0 Å². The van der Waals surface area contributed by atoms with Gasteiger partial charge in [0.1, 0.15) is 0 Å². The van der Waals surface area contributed by atoms with Gasteiger partial charge in [0.2, 0.25) is 17.9 Å². The van der Waals surface area contributed by atoms with Crippen LogP contribution in [0.2, 0.25) is 0 Å². The zero-order valence-corrected chi connectivity index (χ0v) is 6.75. The quantitative estimate of drug-likeness (QED) is 0.174. The van der Waals surface area contributed by atoms with Crippen molar-refractivity contribution >= 4 is 17.9 Å². The SMILES string of the molecule is N/C(=N\C(N)N)n1nc(N)nc1N. The molecule has 0 aliphatic carbocycles. The summed E-state index contributed by atoms with van der Waals surface area (Å²) in [7, 11) is 0. The summed E-state index contributed by atoms with van der Waals surface area (Å²) in [5.74, 6) is -0.0302. The highest BCUT2D eigenvalue weighted by Gasteiger charge is 2.07. The van der Waals surface area contributed by atoms with Gasteiger partial charge in [-0.3, -0.25) is 11.5 Å². The summed E-state index contributed by atoms with van der Waals surface area (Å²) in [6.07, 6.45) is -0.926. The monoisotopic (exact) mass is 185 g/mol. The van der Waals surface area contributed by atoms with Gasteiger partial charge in [0.25, 0.3) is 0 Å². The van der Waals surface area contributed by atoms with E-state index in [0.717, 1.165) is 4.68 Å². The number of rotatable bonds is 1. The fourth-order valence-electron chi connectivity index (χ4n) is 0.717. The molecule has 0 unspecified atom stereocenters. The van der Waals surface area contributed by atoms with Crippen LogP contribution in [-0.2, 0) is 0 Å². The minimum atomic E-state index is -0.926. The molecule has 0 fully saturated rings. The summed E-state index contributed by atoms with van der Waals surface area (Å²) in [4.78, 5) is 7.20. The van der Waals surface area contributed by atoms with E-state index in [4.69, 9.17) is 28.7 Å². The fraction of sp³-hybridized carbons (Fsp3) is 0.250. The van der Waals surface area contributed by atoms with Crippen LogP contribution >= 0.6 is 0 Å². The maximum atomic E-state index is 5.42. The molecule has 0 bridgehead atoms. The maximum absolute atomic E-state index is 5.42. The molecule has 0 saturated heterocycles. The number of aromatic nitrogens is 3. The van der Waals surface area contributed by atoms with Gasteiger partial charge in [0.15, 0.2) is 6.29 Å². The Morgan fingerprint density at radius 2 is 2.00 bits per heavy atom. The third kappa shape index (κ3) is 2.04. The lowest BCUT2D eigenvalue weighted by molar-refractivity contribution is 0.737. The van der Waals surface area contributed by atoms with Crippen molar-refractivity contribution in [2.75, 3.05) is 11.5 Å². The molecule has 0 aromatic carbocycles. The van der Waals surface area contributed by atoms with Crippen LogP contribution in [-0.4, -0.2) is 27.0 Å². The first-order valence-electron chi connectivity index (χ1n) is 3.33. The Labute approximate surface area is 73.6 Å². The van der Waals surface area contributed by atoms with Crippen molar-refractivity contribution in [1.82, 2.24) is 14.8 Å². The zero-order valence-electron chi connectivity index (χ0n) is 6.75. The maximum Gasteiger partial charge on any atom is 0.241 e. The van der Waals surface area contributed by atoms with E-state index in [0.29, 0.717) is 0 Å². The Hall–Kier alpha value is -1.87. The first-order chi connectivity index (χ1) is 6.00. The molecule has 0 aliphatic heterocycles. The summed E-state index contributed by atoms with van der Waals surface area (Å²) in [5.41, 5.74) is 26.4. The van der Waals surface area contributed by atoms with E-state index in [2.05, 4.69) is 15.1 Å². The van der Waals surface area contributed by atoms with Gasteiger partial charge in [0.05, 0.1) is 0 Å². The van der Waals surface area contributed by atoms with Crippen LogP contribution < -0.4 is 28.7 Å². The predicted octanol–water partition coefficient (Wildman–Crippen LogP) is -3.19. The van der Waals surface area contributed by atoms with E-state index in [1.165, 1.54) is 0 Å².